The van der Waals surface area contributed by atoms with Gasteiger partial charge in [0.05, 0.1) is 5.02 Å². The Bertz CT molecular complexity index is 646. The molecule has 4 nitrogen and oxygen atoms in total. The molecule has 0 aliphatic heterocycles. The molecule has 1 aromatic carbocycles. The van der Waals surface area contributed by atoms with Crippen molar-refractivity contribution in [2.24, 2.45) is 0 Å². The maximum absolute atomic E-state index is 11.1. The topological polar surface area (TPSA) is 59.4 Å². The van der Waals surface area contributed by atoms with Crippen LogP contribution in [0.5, 0.6) is 11.6 Å². The van der Waals surface area contributed by atoms with Crippen molar-refractivity contribution in [3.63, 3.8) is 0 Å². The predicted molar refractivity (Wildman–Crippen MR) is 75.2 cm³/mol. The van der Waals surface area contributed by atoms with Gasteiger partial charge in [0.15, 0.2) is 0 Å². The molecule has 2 aromatic rings. The first kappa shape index (κ1) is 13.8. The van der Waals surface area contributed by atoms with E-state index < -0.39 is 5.97 Å². The number of carboxylic acid groups (broad SMARTS) is 1. The SMILES string of the molecule is Cc1ccc(Oc2ncc(Br)cc2C(=O)O)c(Cl)c1. The van der Waals surface area contributed by atoms with Gasteiger partial charge in [0.2, 0.25) is 5.88 Å². The number of hydrogen-bond donors (Lipinski definition) is 1. The highest BCUT2D eigenvalue weighted by molar-refractivity contribution is 9.10. The van der Waals surface area contributed by atoms with Gasteiger partial charge in [0, 0.05) is 10.7 Å². The van der Waals surface area contributed by atoms with Crippen LogP contribution in [-0.2, 0) is 0 Å². The van der Waals surface area contributed by atoms with Crippen LogP contribution < -0.4 is 4.74 Å². The zero-order chi connectivity index (χ0) is 14.0. The van der Waals surface area contributed by atoms with Crippen LogP contribution in [0.15, 0.2) is 34.9 Å². The third-order valence-corrected chi connectivity index (χ3v) is 3.07. The summed E-state index contributed by atoms with van der Waals surface area (Å²) in [4.78, 5) is 15.1. The fourth-order valence-electron chi connectivity index (χ4n) is 1.45. The van der Waals surface area contributed by atoms with Gasteiger partial charge in [-0.25, -0.2) is 9.78 Å². The van der Waals surface area contributed by atoms with E-state index in [9.17, 15) is 4.79 Å². The van der Waals surface area contributed by atoms with Crippen LogP contribution in [0.25, 0.3) is 0 Å². The lowest BCUT2D eigenvalue weighted by molar-refractivity contribution is 0.0693. The van der Waals surface area contributed by atoms with Gasteiger partial charge in [0.25, 0.3) is 0 Å². The van der Waals surface area contributed by atoms with E-state index in [1.807, 2.05) is 13.0 Å². The molecule has 1 heterocycles. The molecule has 19 heavy (non-hydrogen) atoms. The average molecular weight is 343 g/mol. The number of nitrogens with zero attached hydrogens (tertiary/aromatic N) is 1. The first-order valence-electron chi connectivity index (χ1n) is 5.30. The molecule has 0 radical (unpaired) electrons. The quantitative estimate of drug-likeness (QED) is 0.903. The fourth-order valence-corrected chi connectivity index (χ4v) is 2.06. The van der Waals surface area contributed by atoms with Gasteiger partial charge in [-0.05, 0) is 46.6 Å². The molecule has 0 saturated heterocycles. The van der Waals surface area contributed by atoms with Crippen molar-refractivity contribution in [3.05, 3.63) is 51.1 Å². The number of rotatable bonds is 3. The minimum atomic E-state index is -1.12. The fraction of sp³-hybridized carbons (Fsp3) is 0.0769. The van der Waals surface area contributed by atoms with E-state index in [4.69, 9.17) is 21.4 Å². The van der Waals surface area contributed by atoms with E-state index in [1.54, 1.807) is 12.1 Å². The number of aryl methyl sites for hydroxylation is 1. The molecule has 0 aliphatic carbocycles. The number of benzene rings is 1. The summed E-state index contributed by atoms with van der Waals surface area (Å²) in [7, 11) is 0. The van der Waals surface area contributed by atoms with Gasteiger partial charge in [-0.2, -0.15) is 0 Å². The van der Waals surface area contributed by atoms with Crippen LogP contribution in [0.2, 0.25) is 5.02 Å². The van der Waals surface area contributed by atoms with Crippen LogP contribution in [0.4, 0.5) is 0 Å². The summed E-state index contributed by atoms with van der Waals surface area (Å²) in [6, 6.07) is 6.65. The molecule has 0 spiro atoms. The van der Waals surface area contributed by atoms with Crippen molar-refractivity contribution < 1.29 is 14.6 Å². The Labute approximate surface area is 123 Å². The first-order valence-corrected chi connectivity index (χ1v) is 6.47. The number of halogens is 2. The molecule has 2 rings (SSSR count). The van der Waals surface area contributed by atoms with E-state index in [2.05, 4.69) is 20.9 Å². The third-order valence-electron chi connectivity index (χ3n) is 2.34. The number of pyridine rings is 1. The molecule has 0 atom stereocenters. The van der Waals surface area contributed by atoms with E-state index in [0.717, 1.165) is 5.56 Å². The van der Waals surface area contributed by atoms with Crippen LogP contribution >= 0.6 is 27.5 Å². The van der Waals surface area contributed by atoms with Crippen LogP contribution in [-0.4, -0.2) is 16.1 Å². The lowest BCUT2D eigenvalue weighted by Gasteiger charge is -2.09. The zero-order valence-electron chi connectivity index (χ0n) is 9.85. The summed E-state index contributed by atoms with van der Waals surface area (Å²) in [5.74, 6) is -0.752. The second kappa shape index (κ2) is 5.59. The number of aromatic nitrogens is 1. The highest BCUT2D eigenvalue weighted by Gasteiger charge is 2.15. The highest BCUT2D eigenvalue weighted by atomic mass is 79.9. The Hall–Kier alpha value is -1.59. The van der Waals surface area contributed by atoms with E-state index in [1.165, 1.54) is 12.3 Å². The largest absolute Gasteiger partial charge is 0.477 e. The molecule has 6 heteroatoms. The smallest absolute Gasteiger partial charge is 0.341 e. The first-order chi connectivity index (χ1) is 8.97. The molecule has 1 aromatic heterocycles. The zero-order valence-corrected chi connectivity index (χ0v) is 12.2. The summed E-state index contributed by atoms with van der Waals surface area (Å²) in [5, 5.41) is 9.51. The van der Waals surface area contributed by atoms with E-state index >= 15 is 0 Å². The summed E-state index contributed by atoms with van der Waals surface area (Å²) in [5.41, 5.74) is 0.950. The van der Waals surface area contributed by atoms with Crippen molar-refractivity contribution in [2.45, 2.75) is 6.92 Å². The molecule has 0 aliphatic rings. The normalized spacial score (nSPS) is 10.3. The third kappa shape index (κ3) is 3.24. The molecule has 0 saturated carbocycles. The standard InChI is InChI=1S/C13H9BrClNO3/c1-7-2-3-11(10(15)4-7)19-12-9(13(17)18)5-8(14)6-16-12/h2-6H,1H3,(H,17,18). The van der Waals surface area contributed by atoms with Crippen LogP contribution in [0, 0.1) is 6.92 Å². The molecule has 98 valence electrons. The van der Waals surface area contributed by atoms with Crippen LogP contribution in [0.3, 0.4) is 0 Å². The average Bonchev–Trinajstić information content (AvgIpc) is 2.34. The minimum absolute atomic E-state index is 0.00135. The Morgan fingerprint density at radius 2 is 2.16 bits per heavy atom. The minimum Gasteiger partial charge on any atom is -0.477 e. The summed E-state index contributed by atoms with van der Waals surface area (Å²) < 4.78 is 6.03. The molecular weight excluding hydrogens is 334 g/mol. The predicted octanol–water partition coefficient (Wildman–Crippen LogP) is 4.30. The maximum atomic E-state index is 11.1. The van der Waals surface area contributed by atoms with Crippen molar-refractivity contribution in [1.29, 1.82) is 0 Å². The summed E-state index contributed by atoms with van der Waals surface area (Å²) >= 11 is 9.20. The van der Waals surface area contributed by atoms with Gasteiger partial charge in [-0.1, -0.05) is 17.7 Å². The van der Waals surface area contributed by atoms with Gasteiger partial charge >= 0.3 is 5.97 Å². The maximum Gasteiger partial charge on any atom is 0.341 e. The number of carboxylic acids is 1. The number of aromatic carboxylic acids is 1. The van der Waals surface area contributed by atoms with E-state index in [0.29, 0.717) is 15.2 Å². The van der Waals surface area contributed by atoms with Crippen molar-refractivity contribution in [2.75, 3.05) is 0 Å². The van der Waals surface area contributed by atoms with Crippen molar-refractivity contribution in [1.82, 2.24) is 4.98 Å². The molecule has 1 N–H and O–H groups in total. The van der Waals surface area contributed by atoms with Crippen molar-refractivity contribution >= 4 is 33.5 Å². The molecule has 0 bridgehead atoms. The summed E-state index contributed by atoms with van der Waals surface area (Å²) in [6.45, 7) is 1.90. The monoisotopic (exact) mass is 341 g/mol. The van der Waals surface area contributed by atoms with E-state index in [-0.39, 0.29) is 11.4 Å². The lowest BCUT2D eigenvalue weighted by atomic mass is 10.2. The highest BCUT2D eigenvalue weighted by Crippen LogP contribution is 2.31. The number of ether oxygens (including phenoxy) is 1. The van der Waals surface area contributed by atoms with Crippen LogP contribution in [0.1, 0.15) is 15.9 Å². The molecular formula is C13H9BrClNO3. The second-order valence-electron chi connectivity index (χ2n) is 3.85. The Balaban J connectivity index is 2.40. The lowest BCUT2D eigenvalue weighted by Crippen LogP contribution is -2.02. The van der Waals surface area contributed by atoms with Crippen molar-refractivity contribution in [3.8, 4) is 11.6 Å². The molecule has 0 unspecified atom stereocenters. The summed E-state index contributed by atoms with van der Waals surface area (Å²) in [6.07, 6.45) is 1.46. The second-order valence-corrected chi connectivity index (χ2v) is 5.17. The molecule has 0 fully saturated rings. The Kier molecular flexibility index (Phi) is 4.07. The van der Waals surface area contributed by atoms with Gasteiger partial charge in [-0.3, -0.25) is 0 Å². The van der Waals surface area contributed by atoms with Gasteiger partial charge < -0.3 is 9.84 Å². The Morgan fingerprint density at radius 3 is 2.79 bits per heavy atom. The number of carbonyl (C=O) groups is 1. The number of hydrogen-bond acceptors (Lipinski definition) is 3. The molecule has 0 amide bonds. The van der Waals surface area contributed by atoms with Gasteiger partial charge in [0.1, 0.15) is 11.3 Å². The van der Waals surface area contributed by atoms with Gasteiger partial charge in [-0.15, -0.1) is 0 Å². The Morgan fingerprint density at radius 1 is 1.42 bits per heavy atom.